The molecule has 0 saturated heterocycles. The molecule has 0 fully saturated rings. The summed E-state index contributed by atoms with van der Waals surface area (Å²) in [5.41, 5.74) is 2.62. The minimum Gasteiger partial charge on any atom is -0.481 e. The van der Waals surface area contributed by atoms with Crippen LogP contribution in [0.3, 0.4) is 0 Å². The van der Waals surface area contributed by atoms with Gasteiger partial charge in [0.05, 0.1) is 18.4 Å². The van der Waals surface area contributed by atoms with E-state index in [0.29, 0.717) is 26.4 Å². The summed E-state index contributed by atoms with van der Waals surface area (Å²) < 4.78 is 52.4. The van der Waals surface area contributed by atoms with E-state index in [1.54, 1.807) is 53.6 Å². The lowest BCUT2D eigenvalue weighted by Gasteiger charge is -2.06. The lowest BCUT2D eigenvalue weighted by molar-refractivity contribution is -0.137. The molecule has 0 amide bonds. The number of hydrogen-bond acceptors (Lipinski definition) is 10. The Morgan fingerprint density at radius 2 is 1.29 bits per heavy atom. The largest absolute Gasteiger partial charge is 0.481 e. The predicted molar refractivity (Wildman–Crippen MR) is 195 cm³/mol. The van der Waals surface area contributed by atoms with Crippen LogP contribution in [-0.4, -0.2) is 66.7 Å². The molecule has 2 aromatic carbocycles. The monoisotopic (exact) mass is 826 g/mol. The topological polar surface area (TPSA) is 198 Å². The molecule has 8 aromatic rings. The zero-order valence-corrected chi connectivity index (χ0v) is 30.9. The second-order valence-corrected chi connectivity index (χ2v) is 17.1. The summed E-state index contributed by atoms with van der Waals surface area (Å²) in [6.45, 7) is 0. The molecular weight excluding hydrogens is 807 g/mol. The van der Waals surface area contributed by atoms with E-state index in [1.165, 1.54) is 37.7 Å². The first-order valence-electron chi connectivity index (χ1n) is 14.2. The number of aliphatic carboxylic acids is 2. The lowest BCUT2D eigenvalue weighted by atomic mass is 10.1. The van der Waals surface area contributed by atoms with E-state index in [1.807, 2.05) is 24.3 Å². The van der Waals surface area contributed by atoms with E-state index in [2.05, 4.69) is 15.0 Å². The zero-order chi connectivity index (χ0) is 36.7. The van der Waals surface area contributed by atoms with Crippen LogP contribution < -0.4 is 0 Å². The van der Waals surface area contributed by atoms with Gasteiger partial charge >= 0.3 is 11.9 Å². The van der Waals surface area contributed by atoms with Crippen LogP contribution in [0, 0.1) is 0 Å². The molecule has 0 aliphatic carbocycles. The highest BCUT2D eigenvalue weighted by Gasteiger charge is 2.29. The number of aromatic nitrogens is 6. The molecule has 21 heteroatoms. The fourth-order valence-electron chi connectivity index (χ4n) is 5.18. The normalized spacial score (nSPS) is 11.8. The number of H-pyrrole nitrogens is 1. The van der Waals surface area contributed by atoms with E-state index >= 15 is 0 Å². The Morgan fingerprint density at radius 3 is 1.90 bits per heavy atom. The fraction of sp³-hybridized carbons (Fsp3) is 0.0667. The number of aromatic amines is 1. The summed E-state index contributed by atoms with van der Waals surface area (Å²) in [6, 6.07) is 14.4. The van der Waals surface area contributed by atoms with Crippen LogP contribution in [-0.2, 0) is 41.5 Å². The smallest absolute Gasteiger partial charge is 0.307 e. The third-order valence-electron chi connectivity index (χ3n) is 7.21. The molecule has 0 radical (unpaired) electrons. The molecule has 0 bridgehead atoms. The third-order valence-corrected chi connectivity index (χ3v) is 12.5. The molecule has 0 aliphatic heterocycles. The Labute approximate surface area is 310 Å². The molecule has 0 spiro atoms. The average Bonchev–Trinajstić information content (AvgIpc) is 3.89. The van der Waals surface area contributed by atoms with Crippen molar-refractivity contribution < 1.29 is 36.6 Å². The molecule has 14 nitrogen and oxygen atoms in total. The minimum atomic E-state index is -4.07. The Hall–Kier alpha value is -4.43. The van der Waals surface area contributed by atoms with Gasteiger partial charge in [0.15, 0.2) is 25.3 Å². The van der Waals surface area contributed by atoms with Crippen LogP contribution in [0.5, 0.6) is 0 Å². The molecule has 8 rings (SSSR count). The van der Waals surface area contributed by atoms with Gasteiger partial charge in [-0.3, -0.25) is 18.4 Å². The van der Waals surface area contributed by atoms with Crippen molar-refractivity contribution in [2.24, 2.45) is 0 Å². The number of rotatable bonds is 7. The zero-order valence-electron chi connectivity index (χ0n) is 25.3. The van der Waals surface area contributed by atoms with Crippen LogP contribution in [0.15, 0.2) is 94.1 Å². The Balaban J connectivity index is 0.000000145. The lowest BCUT2D eigenvalue weighted by Crippen LogP contribution is -2.14. The maximum Gasteiger partial charge on any atom is 0.307 e. The number of thiazole rings is 2. The number of para-hydroxylation sites is 2. The number of carboxylic acid groups (broad SMARTS) is 2. The number of nitrogens with one attached hydrogen (secondary N) is 1. The Bertz CT molecular complexity index is 2810. The summed E-state index contributed by atoms with van der Waals surface area (Å²) >= 11 is 14.2. The van der Waals surface area contributed by atoms with Gasteiger partial charge in [0.1, 0.15) is 0 Å². The summed E-state index contributed by atoms with van der Waals surface area (Å²) in [4.78, 5) is 33.5. The van der Waals surface area contributed by atoms with Crippen molar-refractivity contribution in [2.75, 3.05) is 0 Å². The third kappa shape index (κ3) is 7.34. The van der Waals surface area contributed by atoms with E-state index < -0.39 is 31.0 Å². The number of imidazole rings is 2. The fourth-order valence-corrected chi connectivity index (χ4v) is 10.5. The van der Waals surface area contributed by atoms with Crippen molar-refractivity contribution in [1.29, 1.82) is 0 Å². The van der Waals surface area contributed by atoms with Gasteiger partial charge in [0.25, 0.3) is 19.1 Å². The van der Waals surface area contributed by atoms with Crippen molar-refractivity contribution in [2.45, 2.75) is 22.9 Å². The Kier molecular flexibility index (Phi) is 10.2. The molecule has 51 heavy (non-hydrogen) atoms. The van der Waals surface area contributed by atoms with Gasteiger partial charge in [-0.25, -0.2) is 22.4 Å². The second kappa shape index (κ2) is 14.3. The van der Waals surface area contributed by atoms with E-state index in [9.17, 15) is 26.4 Å². The van der Waals surface area contributed by atoms with Crippen LogP contribution in [0.25, 0.3) is 31.7 Å². The highest BCUT2D eigenvalue weighted by molar-refractivity contribution is 8.13. The molecule has 3 N–H and O–H groups in total. The van der Waals surface area contributed by atoms with E-state index in [-0.39, 0.29) is 33.2 Å². The number of hydrogen-bond donors (Lipinski definition) is 3. The Morgan fingerprint density at radius 1 is 0.765 bits per heavy atom. The summed E-state index contributed by atoms with van der Waals surface area (Å²) in [5.74, 6) is -1.84. The van der Waals surface area contributed by atoms with Crippen LogP contribution >= 0.6 is 56.6 Å². The van der Waals surface area contributed by atoms with Crippen molar-refractivity contribution in [1.82, 2.24) is 27.7 Å². The van der Waals surface area contributed by atoms with Crippen LogP contribution in [0.2, 0.25) is 10.3 Å². The van der Waals surface area contributed by atoms with Gasteiger partial charge in [0, 0.05) is 62.5 Å². The molecule has 0 saturated carbocycles. The van der Waals surface area contributed by atoms with Crippen molar-refractivity contribution in [3.05, 3.63) is 106 Å². The predicted octanol–water partition coefficient (Wildman–Crippen LogP) is 6.64. The molecular formula is C30H21Cl3N6O8S4. The van der Waals surface area contributed by atoms with E-state index in [4.69, 9.17) is 44.1 Å². The SMILES string of the molecule is O=C(O)Cc1c[nH]c2ccccc12.O=C(O)Cc1cn(S(=O)(=O)c2c(Cl)nc3sccn23)c2ccccc12.O=S(=O)(Cl)c1c(Cl)nc2sccn12. The summed E-state index contributed by atoms with van der Waals surface area (Å²) in [7, 11) is -2.73. The molecule has 0 aliphatic rings. The highest BCUT2D eigenvalue weighted by Crippen LogP contribution is 2.31. The highest BCUT2D eigenvalue weighted by atomic mass is 35.7. The van der Waals surface area contributed by atoms with Gasteiger partial charge in [-0.05, 0) is 23.3 Å². The van der Waals surface area contributed by atoms with Gasteiger partial charge in [-0.2, -0.15) is 8.42 Å². The standard InChI is InChI=1S/C15H10ClN3O4S2.C10H9NO2.C5H2Cl2N2O2S2/c16-13-14(18-5-6-24-15(18)17-13)25(22,23)19-8-9(7-12(20)21)10-3-1-2-4-11(10)19;12-10(13)5-7-6-11-9-4-2-1-3-8(7)9;6-3-4(13(7,10)11)9-1-2-12-5(9)8-3/h1-6,8H,7H2,(H,20,21);1-4,6,11H,5H2,(H,12,13);1-2H. The molecule has 0 atom stereocenters. The maximum absolute atomic E-state index is 13.2. The number of fused-ring (bicyclic) bond motifs is 4. The molecule has 6 aromatic heterocycles. The number of halogens is 3. The van der Waals surface area contributed by atoms with Crippen molar-refractivity contribution in [3.63, 3.8) is 0 Å². The van der Waals surface area contributed by atoms with Gasteiger partial charge < -0.3 is 15.2 Å². The first-order valence-corrected chi connectivity index (χ1v) is 20.4. The quantitative estimate of drug-likeness (QED) is 0.147. The van der Waals surface area contributed by atoms with Crippen LogP contribution in [0.1, 0.15) is 11.1 Å². The summed E-state index contributed by atoms with van der Waals surface area (Å²) in [5, 5.41) is 22.1. The second-order valence-electron chi connectivity index (χ2n) is 10.4. The maximum atomic E-state index is 13.2. The molecule has 6 heterocycles. The van der Waals surface area contributed by atoms with Crippen molar-refractivity contribution >= 4 is 119 Å². The first-order chi connectivity index (χ1) is 24.2. The number of carbonyl (C=O) groups is 2. The molecule has 264 valence electrons. The van der Waals surface area contributed by atoms with Crippen molar-refractivity contribution in [3.8, 4) is 0 Å². The van der Waals surface area contributed by atoms with Gasteiger partial charge in [0.2, 0.25) is 5.03 Å². The van der Waals surface area contributed by atoms with E-state index in [0.717, 1.165) is 20.4 Å². The van der Waals surface area contributed by atoms with Gasteiger partial charge in [-0.15, -0.1) is 22.7 Å². The average molecular weight is 828 g/mol. The molecule has 0 unspecified atom stereocenters. The van der Waals surface area contributed by atoms with Gasteiger partial charge in [-0.1, -0.05) is 59.6 Å². The number of nitrogens with zero attached hydrogens (tertiary/aromatic N) is 5. The number of carboxylic acids is 2. The summed E-state index contributed by atoms with van der Waals surface area (Å²) in [6.07, 6.45) is 6.00. The number of benzene rings is 2. The first kappa shape index (κ1) is 36.4. The minimum absolute atomic E-state index is 0.0734. The van der Waals surface area contributed by atoms with Crippen LogP contribution in [0.4, 0.5) is 0 Å².